The Morgan fingerprint density at radius 3 is 1.84 bits per heavy atom. The maximum absolute atomic E-state index is 13.3. The number of carbonyl (C=O) groups is 3. The molecule has 8 heteroatoms. The van der Waals surface area contributed by atoms with Gasteiger partial charge in [-0.3, -0.25) is 14.4 Å². The molecule has 4 aromatic rings. The molecule has 37 heavy (non-hydrogen) atoms. The van der Waals surface area contributed by atoms with Gasteiger partial charge < -0.3 is 10.6 Å². The number of hydrogen-bond donors (Lipinski definition) is 2. The van der Waals surface area contributed by atoms with Gasteiger partial charge in [-0.2, -0.15) is 0 Å². The number of sulfone groups is 1. The molecule has 2 amide bonds. The van der Waals surface area contributed by atoms with Gasteiger partial charge in [0.05, 0.1) is 27.4 Å². The third kappa shape index (κ3) is 5.82. The summed E-state index contributed by atoms with van der Waals surface area (Å²) < 4.78 is 24.3. The molecule has 0 aliphatic rings. The summed E-state index contributed by atoms with van der Waals surface area (Å²) in [6.07, 6.45) is 1.02. The molecule has 7 nitrogen and oxygen atoms in total. The minimum atomic E-state index is -3.65. The molecule has 0 aliphatic heterocycles. The van der Waals surface area contributed by atoms with Gasteiger partial charge in [0.15, 0.2) is 15.6 Å². The van der Waals surface area contributed by atoms with E-state index in [4.69, 9.17) is 0 Å². The predicted octanol–water partition coefficient (Wildman–Crippen LogP) is 5.13. The van der Waals surface area contributed by atoms with E-state index < -0.39 is 21.7 Å². The summed E-state index contributed by atoms with van der Waals surface area (Å²) in [5.74, 6) is -1.45. The average molecular weight is 513 g/mol. The number of hydrogen-bond acceptors (Lipinski definition) is 5. The van der Waals surface area contributed by atoms with Gasteiger partial charge in [0, 0.05) is 17.4 Å². The van der Waals surface area contributed by atoms with Crippen molar-refractivity contribution in [3.63, 3.8) is 0 Å². The van der Waals surface area contributed by atoms with Crippen molar-refractivity contribution in [2.24, 2.45) is 0 Å². The Balaban J connectivity index is 1.64. The second-order valence-corrected chi connectivity index (χ2v) is 10.5. The Labute approximate surface area is 215 Å². The average Bonchev–Trinajstić information content (AvgIpc) is 2.89. The van der Waals surface area contributed by atoms with Gasteiger partial charge in [0.2, 0.25) is 0 Å². The van der Waals surface area contributed by atoms with Gasteiger partial charge in [-0.1, -0.05) is 66.2 Å². The van der Waals surface area contributed by atoms with E-state index in [1.165, 1.54) is 24.3 Å². The van der Waals surface area contributed by atoms with Crippen LogP contribution >= 0.6 is 0 Å². The van der Waals surface area contributed by atoms with Crippen molar-refractivity contribution >= 4 is 38.8 Å². The first-order valence-corrected chi connectivity index (χ1v) is 13.3. The molecule has 0 bridgehead atoms. The van der Waals surface area contributed by atoms with E-state index in [0.29, 0.717) is 16.8 Å². The molecule has 0 saturated heterocycles. The highest BCUT2D eigenvalue weighted by Crippen LogP contribution is 2.25. The van der Waals surface area contributed by atoms with Crippen LogP contribution in [0, 0.1) is 6.92 Å². The maximum atomic E-state index is 13.3. The van der Waals surface area contributed by atoms with Gasteiger partial charge in [-0.15, -0.1) is 0 Å². The molecule has 0 aliphatic carbocycles. The Morgan fingerprint density at radius 2 is 1.16 bits per heavy atom. The second-order valence-electron chi connectivity index (χ2n) is 8.47. The molecule has 4 rings (SSSR count). The van der Waals surface area contributed by atoms with Crippen molar-refractivity contribution in [1.82, 2.24) is 0 Å². The molecule has 0 fully saturated rings. The fourth-order valence-electron chi connectivity index (χ4n) is 3.85. The van der Waals surface area contributed by atoms with Crippen molar-refractivity contribution in [2.75, 3.05) is 16.9 Å². The second kappa shape index (κ2) is 10.6. The number of rotatable bonds is 7. The zero-order chi connectivity index (χ0) is 26.6. The molecular weight excluding hydrogens is 488 g/mol. The van der Waals surface area contributed by atoms with Crippen LogP contribution in [-0.4, -0.2) is 32.3 Å². The minimum Gasteiger partial charge on any atom is -0.321 e. The lowest BCUT2D eigenvalue weighted by Gasteiger charge is -2.15. The standard InChI is InChI=1S/C29H24N2O5S/c1-19-16-17-25(23(18-19)27(32)20-10-4-3-5-11-20)31-28(33)21-12-6-8-14-24(21)30-29(34)22-13-7-9-15-26(22)37(2,35)36/h3-18H,1-2H3,(H,30,34)(H,31,33). The van der Waals surface area contributed by atoms with Crippen LogP contribution in [0.1, 0.15) is 42.2 Å². The highest BCUT2D eigenvalue weighted by molar-refractivity contribution is 7.90. The number of carbonyl (C=O) groups excluding carboxylic acids is 3. The summed E-state index contributed by atoms with van der Waals surface area (Å²) in [5, 5.41) is 5.43. The van der Waals surface area contributed by atoms with Gasteiger partial charge in [0.25, 0.3) is 11.8 Å². The summed E-state index contributed by atoms with van der Waals surface area (Å²) in [5.41, 5.74) is 2.31. The Morgan fingerprint density at radius 1 is 0.622 bits per heavy atom. The Bertz CT molecular complexity index is 1610. The quantitative estimate of drug-likeness (QED) is 0.334. The molecule has 0 unspecified atom stereocenters. The van der Waals surface area contributed by atoms with Gasteiger partial charge in [0.1, 0.15) is 0 Å². The SMILES string of the molecule is Cc1ccc(NC(=O)c2ccccc2NC(=O)c2ccccc2S(C)(=O)=O)c(C(=O)c2ccccc2)c1. The van der Waals surface area contributed by atoms with Crippen LogP contribution < -0.4 is 10.6 Å². The number of benzene rings is 4. The summed E-state index contributed by atoms with van der Waals surface area (Å²) in [7, 11) is -3.65. The fraction of sp³-hybridized carbons (Fsp3) is 0.0690. The highest BCUT2D eigenvalue weighted by Gasteiger charge is 2.21. The zero-order valence-electron chi connectivity index (χ0n) is 20.2. The normalized spacial score (nSPS) is 11.0. The van der Waals surface area contributed by atoms with Crippen LogP contribution in [-0.2, 0) is 9.84 Å². The lowest BCUT2D eigenvalue weighted by atomic mass is 9.99. The summed E-state index contributed by atoms with van der Waals surface area (Å²) in [4.78, 5) is 39.4. The minimum absolute atomic E-state index is 0.0329. The third-order valence-electron chi connectivity index (χ3n) is 5.65. The molecule has 0 atom stereocenters. The summed E-state index contributed by atoms with van der Waals surface area (Å²) in [6.45, 7) is 1.85. The van der Waals surface area contributed by atoms with E-state index in [0.717, 1.165) is 11.8 Å². The number of ketones is 1. The lowest BCUT2D eigenvalue weighted by molar-refractivity contribution is 0.102. The van der Waals surface area contributed by atoms with Gasteiger partial charge in [-0.25, -0.2) is 8.42 Å². The van der Waals surface area contributed by atoms with E-state index in [1.54, 1.807) is 66.7 Å². The highest BCUT2D eigenvalue weighted by atomic mass is 32.2. The lowest BCUT2D eigenvalue weighted by Crippen LogP contribution is -2.20. The molecule has 0 aromatic heterocycles. The van der Waals surface area contributed by atoms with Crippen molar-refractivity contribution in [2.45, 2.75) is 11.8 Å². The van der Waals surface area contributed by atoms with Crippen LogP contribution in [0.4, 0.5) is 11.4 Å². The third-order valence-corrected chi connectivity index (χ3v) is 6.81. The maximum Gasteiger partial charge on any atom is 0.257 e. The molecule has 4 aromatic carbocycles. The Hall–Kier alpha value is -4.56. The number of aryl methyl sites for hydroxylation is 1. The number of anilines is 2. The van der Waals surface area contributed by atoms with Crippen LogP contribution in [0.3, 0.4) is 0 Å². The van der Waals surface area contributed by atoms with E-state index in [-0.39, 0.29) is 27.5 Å². The molecule has 0 spiro atoms. The molecule has 0 radical (unpaired) electrons. The van der Waals surface area contributed by atoms with Crippen molar-refractivity contribution in [3.05, 3.63) is 125 Å². The van der Waals surface area contributed by atoms with E-state index in [9.17, 15) is 22.8 Å². The van der Waals surface area contributed by atoms with Crippen LogP contribution in [0.15, 0.2) is 102 Å². The number of amides is 2. The largest absolute Gasteiger partial charge is 0.321 e. The van der Waals surface area contributed by atoms with Crippen LogP contribution in [0.25, 0.3) is 0 Å². The van der Waals surface area contributed by atoms with Crippen molar-refractivity contribution in [3.8, 4) is 0 Å². The van der Waals surface area contributed by atoms with E-state index >= 15 is 0 Å². The first-order valence-electron chi connectivity index (χ1n) is 11.4. The molecule has 0 heterocycles. The molecule has 186 valence electrons. The smallest absolute Gasteiger partial charge is 0.257 e. The van der Waals surface area contributed by atoms with Crippen LogP contribution in [0.2, 0.25) is 0 Å². The van der Waals surface area contributed by atoms with Gasteiger partial charge in [-0.05, 0) is 43.3 Å². The molecular formula is C29H24N2O5S. The number of nitrogens with one attached hydrogen (secondary N) is 2. The molecule has 0 saturated carbocycles. The zero-order valence-corrected chi connectivity index (χ0v) is 21.0. The number of para-hydroxylation sites is 1. The topological polar surface area (TPSA) is 109 Å². The van der Waals surface area contributed by atoms with E-state index in [2.05, 4.69) is 10.6 Å². The summed E-state index contributed by atoms with van der Waals surface area (Å²) >= 11 is 0. The first kappa shape index (κ1) is 25.5. The van der Waals surface area contributed by atoms with Crippen molar-refractivity contribution in [1.29, 1.82) is 0 Å². The summed E-state index contributed by atoms with van der Waals surface area (Å²) in [6, 6.07) is 26.1. The first-order chi connectivity index (χ1) is 17.6. The van der Waals surface area contributed by atoms with Crippen molar-refractivity contribution < 1.29 is 22.8 Å². The predicted molar refractivity (Wildman–Crippen MR) is 143 cm³/mol. The van der Waals surface area contributed by atoms with E-state index in [1.807, 2.05) is 13.0 Å². The Kier molecular flexibility index (Phi) is 7.31. The molecule has 2 N–H and O–H groups in total. The monoisotopic (exact) mass is 512 g/mol. The van der Waals surface area contributed by atoms with Crippen LogP contribution in [0.5, 0.6) is 0 Å². The fourth-order valence-corrected chi connectivity index (χ4v) is 4.73. The van der Waals surface area contributed by atoms with Gasteiger partial charge >= 0.3 is 0 Å².